The molecule has 1 aromatic heterocycles. The van der Waals surface area contributed by atoms with Gasteiger partial charge in [-0.05, 0) is 37.3 Å². The number of carbonyl (C=O) groups excluding carboxylic acids is 2. The van der Waals surface area contributed by atoms with E-state index in [0.717, 1.165) is 4.90 Å². The summed E-state index contributed by atoms with van der Waals surface area (Å²) in [5, 5.41) is 0.643. The topological polar surface area (TPSA) is 71.3 Å². The van der Waals surface area contributed by atoms with E-state index >= 15 is 0 Å². The third-order valence-electron chi connectivity index (χ3n) is 2.57. The van der Waals surface area contributed by atoms with Gasteiger partial charge in [0.25, 0.3) is 0 Å². The fourth-order valence-electron chi connectivity index (χ4n) is 1.50. The molecule has 2 aromatic rings. The molecule has 1 heterocycles. The highest BCUT2D eigenvalue weighted by Crippen LogP contribution is 2.19. The number of rotatable bonds is 4. The quantitative estimate of drug-likeness (QED) is 0.670. The summed E-state index contributed by atoms with van der Waals surface area (Å²) in [5.74, 6) is -0.436. The fourth-order valence-corrected chi connectivity index (χ4v) is 2.33. The van der Waals surface area contributed by atoms with E-state index in [-0.39, 0.29) is 17.4 Å². The summed E-state index contributed by atoms with van der Waals surface area (Å²) in [4.78, 5) is 24.3. The monoisotopic (exact) mass is 324 g/mol. The molecule has 2 amide bonds. The zero-order chi connectivity index (χ0) is 15.2. The molecule has 2 rings (SSSR count). The van der Waals surface area contributed by atoms with E-state index in [0.29, 0.717) is 10.6 Å². The van der Waals surface area contributed by atoms with Crippen molar-refractivity contribution >= 4 is 35.2 Å². The van der Waals surface area contributed by atoms with Crippen LogP contribution in [-0.2, 0) is 4.79 Å². The summed E-state index contributed by atoms with van der Waals surface area (Å²) in [7, 11) is 0. The smallest absolute Gasteiger partial charge is 0.305 e. The van der Waals surface area contributed by atoms with Gasteiger partial charge in [-0.25, -0.2) is 0 Å². The maximum absolute atomic E-state index is 11.7. The molecule has 0 radical (unpaired) electrons. The molecule has 7 heteroatoms. The standard InChI is InChI=1S/C14H13ClN2O3S/c1-9-6-7-20-13(9)14(19)17-16-12(18)8-21-11-4-2-10(15)3-5-11/h2-7H,8H2,1H3,(H,16,18)(H,17,19). The van der Waals surface area contributed by atoms with Crippen LogP contribution in [0.25, 0.3) is 0 Å². The van der Waals surface area contributed by atoms with Gasteiger partial charge < -0.3 is 4.42 Å². The Morgan fingerprint density at radius 2 is 1.90 bits per heavy atom. The van der Waals surface area contributed by atoms with Crippen molar-refractivity contribution in [1.29, 1.82) is 0 Å². The normalized spacial score (nSPS) is 10.2. The molecule has 0 bridgehead atoms. The molecular weight excluding hydrogens is 312 g/mol. The van der Waals surface area contributed by atoms with Crippen LogP contribution < -0.4 is 10.9 Å². The van der Waals surface area contributed by atoms with Crippen molar-refractivity contribution in [3.63, 3.8) is 0 Å². The van der Waals surface area contributed by atoms with Gasteiger partial charge >= 0.3 is 5.91 Å². The van der Waals surface area contributed by atoms with Crippen molar-refractivity contribution in [2.24, 2.45) is 0 Å². The van der Waals surface area contributed by atoms with Crippen LogP contribution in [0.15, 0.2) is 45.9 Å². The first-order chi connectivity index (χ1) is 10.1. The van der Waals surface area contributed by atoms with Crippen LogP contribution in [-0.4, -0.2) is 17.6 Å². The Labute approximate surface area is 131 Å². The first-order valence-corrected chi connectivity index (χ1v) is 7.44. The third kappa shape index (κ3) is 4.54. The van der Waals surface area contributed by atoms with Gasteiger partial charge in [-0.1, -0.05) is 11.6 Å². The average Bonchev–Trinajstić information content (AvgIpc) is 2.90. The van der Waals surface area contributed by atoms with Crippen LogP contribution >= 0.6 is 23.4 Å². The fraction of sp³-hybridized carbons (Fsp3) is 0.143. The number of furan rings is 1. The van der Waals surface area contributed by atoms with E-state index in [4.69, 9.17) is 16.0 Å². The molecule has 0 aliphatic carbocycles. The van der Waals surface area contributed by atoms with Crippen LogP contribution in [0.1, 0.15) is 16.1 Å². The summed E-state index contributed by atoms with van der Waals surface area (Å²) in [6, 6.07) is 8.83. The number of halogens is 1. The first-order valence-electron chi connectivity index (χ1n) is 6.08. The van der Waals surface area contributed by atoms with E-state index in [9.17, 15) is 9.59 Å². The molecule has 0 fully saturated rings. The molecule has 0 spiro atoms. The Kier molecular flexibility index (Phi) is 5.30. The van der Waals surface area contributed by atoms with E-state index in [1.54, 1.807) is 25.1 Å². The summed E-state index contributed by atoms with van der Waals surface area (Å²) in [6.45, 7) is 1.75. The average molecular weight is 325 g/mol. The van der Waals surface area contributed by atoms with Gasteiger partial charge in [0.2, 0.25) is 5.91 Å². The molecule has 0 saturated carbocycles. The lowest BCUT2D eigenvalue weighted by Gasteiger charge is -2.06. The van der Waals surface area contributed by atoms with Crippen molar-refractivity contribution in [1.82, 2.24) is 10.9 Å². The second kappa shape index (κ2) is 7.19. The number of hydrogen-bond acceptors (Lipinski definition) is 4. The second-order valence-corrected chi connectivity index (χ2v) is 5.66. The number of hydrogen-bond donors (Lipinski definition) is 2. The van der Waals surface area contributed by atoms with E-state index in [2.05, 4.69) is 10.9 Å². The lowest BCUT2D eigenvalue weighted by Crippen LogP contribution is -2.42. The Bertz CT molecular complexity index is 640. The highest BCUT2D eigenvalue weighted by molar-refractivity contribution is 8.00. The molecule has 110 valence electrons. The third-order valence-corrected chi connectivity index (χ3v) is 3.83. The van der Waals surface area contributed by atoms with E-state index in [1.165, 1.54) is 18.0 Å². The number of carbonyl (C=O) groups is 2. The van der Waals surface area contributed by atoms with E-state index < -0.39 is 5.91 Å². The van der Waals surface area contributed by atoms with Gasteiger partial charge in [-0.15, -0.1) is 11.8 Å². The van der Waals surface area contributed by atoms with Crippen molar-refractivity contribution in [2.45, 2.75) is 11.8 Å². The number of aryl methyl sites for hydroxylation is 1. The Balaban J connectivity index is 1.76. The van der Waals surface area contributed by atoms with Crippen molar-refractivity contribution in [3.8, 4) is 0 Å². The molecule has 2 N–H and O–H groups in total. The lowest BCUT2D eigenvalue weighted by molar-refractivity contribution is -0.119. The molecule has 21 heavy (non-hydrogen) atoms. The van der Waals surface area contributed by atoms with Crippen molar-refractivity contribution < 1.29 is 14.0 Å². The lowest BCUT2D eigenvalue weighted by atomic mass is 10.3. The Morgan fingerprint density at radius 1 is 1.19 bits per heavy atom. The molecule has 0 atom stereocenters. The van der Waals surface area contributed by atoms with Crippen molar-refractivity contribution in [3.05, 3.63) is 52.9 Å². The minimum atomic E-state index is -0.484. The Morgan fingerprint density at radius 3 is 2.52 bits per heavy atom. The molecule has 0 unspecified atom stereocenters. The van der Waals surface area contributed by atoms with Gasteiger partial charge in [0.1, 0.15) is 0 Å². The van der Waals surface area contributed by atoms with Crippen LogP contribution in [0.4, 0.5) is 0 Å². The highest BCUT2D eigenvalue weighted by Gasteiger charge is 2.13. The Hall–Kier alpha value is -1.92. The number of benzene rings is 1. The zero-order valence-electron chi connectivity index (χ0n) is 11.2. The number of thioether (sulfide) groups is 1. The predicted octanol–water partition coefficient (Wildman–Crippen LogP) is 2.79. The van der Waals surface area contributed by atoms with Gasteiger partial charge in [0.05, 0.1) is 12.0 Å². The van der Waals surface area contributed by atoms with Crippen LogP contribution in [0.5, 0.6) is 0 Å². The van der Waals surface area contributed by atoms with Crippen LogP contribution in [0.2, 0.25) is 5.02 Å². The predicted molar refractivity (Wildman–Crippen MR) is 81.2 cm³/mol. The van der Waals surface area contributed by atoms with Gasteiger partial charge in [0.15, 0.2) is 5.76 Å². The van der Waals surface area contributed by atoms with E-state index in [1.807, 2.05) is 12.1 Å². The molecule has 0 aliphatic rings. The van der Waals surface area contributed by atoms with Gasteiger partial charge in [0, 0.05) is 15.5 Å². The second-order valence-electron chi connectivity index (χ2n) is 4.18. The largest absolute Gasteiger partial charge is 0.459 e. The van der Waals surface area contributed by atoms with Crippen molar-refractivity contribution in [2.75, 3.05) is 5.75 Å². The zero-order valence-corrected chi connectivity index (χ0v) is 12.8. The molecule has 0 saturated heterocycles. The minimum absolute atomic E-state index is 0.180. The summed E-state index contributed by atoms with van der Waals surface area (Å²) >= 11 is 7.12. The maximum atomic E-state index is 11.7. The van der Waals surface area contributed by atoms with Gasteiger partial charge in [-0.3, -0.25) is 20.4 Å². The number of amides is 2. The van der Waals surface area contributed by atoms with Gasteiger partial charge in [-0.2, -0.15) is 0 Å². The summed E-state index contributed by atoms with van der Waals surface area (Å²) < 4.78 is 5.02. The summed E-state index contributed by atoms with van der Waals surface area (Å²) in [6.07, 6.45) is 1.42. The number of hydrazine groups is 1. The molecular formula is C14H13ClN2O3S. The molecule has 5 nitrogen and oxygen atoms in total. The molecule has 0 aliphatic heterocycles. The minimum Gasteiger partial charge on any atom is -0.459 e. The molecule has 1 aromatic carbocycles. The van der Waals surface area contributed by atoms with Crippen LogP contribution in [0, 0.1) is 6.92 Å². The first kappa shape index (κ1) is 15.5. The number of nitrogens with one attached hydrogen (secondary N) is 2. The summed E-state index contributed by atoms with van der Waals surface area (Å²) in [5.41, 5.74) is 5.34. The van der Waals surface area contributed by atoms with Crippen LogP contribution in [0.3, 0.4) is 0 Å². The maximum Gasteiger partial charge on any atom is 0.305 e. The highest BCUT2D eigenvalue weighted by atomic mass is 35.5. The SMILES string of the molecule is Cc1ccoc1C(=O)NNC(=O)CSc1ccc(Cl)cc1.